The lowest BCUT2D eigenvalue weighted by atomic mass is 9.92. The second-order valence-electron chi connectivity index (χ2n) is 8.55. The summed E-state index contributed by atoms with van der Waals surface area (Å²) in [6.07, 6.45) is 0. The largest absolute Gasteiger partial charge is 0.224 e. The molecular weight excluding hydrogens is 456 g/mol. The third kappa shape index (κ3) is 3.58. The molecule has 0 saturated heterocycles. The van der Waals surface area contributed by atoms with Gasteiger partial charge in [-0.2, -0.15) is 0 Å². The van der Waals surface area contributed by atoms with Gasteiger partial charge in [-0.3, -0.25) is 0 Å². The number of benzene rings is 4. The SMILES string of the molecule is Cc1ccccc1-c1cc(-c2cccc(-c3nc(Cl)nc4sc5ccccc5c34)c2)ccc1C. The molecular formula is C30H21ClN2S. The summed E-state index contributed by atoms with van der Waals surface area (Å²) >= 11 is 8.02. The fraction of sp³-hybridized carbons (Fsp3) is 0.0667. The second-order valence-corrected chi connectivity index (χ2v) is 9.91. The first-order valence-electron chi connectivity index (χ1n) is 11.2. The molecule has 0 spiro atoms. The number of nitrogens with zero attached hydrogens (tertiary/aromatic N) is 2. The molecule has 0 saturated carbocycles. The van der Waals surface area contributed by atoms with Gasteiger partial charge in [-0.15, -0.1) is 11.3 Å². The van der Waals surface area contributed by atoms with Gasteiger partial charge in [0.15, 0.2) is 0 Å². The molecule has 0 unspecified atom stereocenters. The number of hydrogen-bond donors (Lipinski definition) is 0. The van der Waals surface area contributed by atoms with E-state index in [4.69, 9.17) is 11.6 Å². The fourth-order valence-corrected chi connectivity index (χ4v) is 5.91. The monoisotopic (exact) mass is 476 g/mol. The molecule has 0 amide bonds. The van der Waals surface area contributed by atoms with Crippen molar-refractivity contribution in [3.8, 4) is 33.5 Å². The number of aryl methyl sites for hydroxylation is 2. The summed E-state index contributed by atoms with van der Waals surface area (Å²) in [6, 6.07) is 32.1. The third-order valence-electron chi connectivity index (χ3n) is 6.35. The quantitative estimate of drug-likeness (QED) is 0.238. The van der Waals surface area contributed by atoms with Crippen molar-refractivity contribution in [3.63, 3.8) is 0 Å². The highest BCUT2D eigenvalue weighted by molar-refractivity contribution is 7.25. The van der Waals surface area contributed by atoms with E-state index in [1.807, 2.05) is 0 Å². The van der Waals surface area contributed by atoms with Crippen LogP contribution in [-0.2, 0) is 0 Å². The Balaban J connectivity index is 1.53. The maximum Gasteiger partial charge on any atom is 0.224 e. The zero-order valence-electron chi connectivity index (χ0n) is 18.8. The van der Waals surface area contributed by atoms with Gasteiger partial charge < -0.3 is 0 Å². The summed E-state index contributed by atoms with van der Waals surface area (Å²) in [5.41, 5.74) is 9.31. The maximum absolute atomic E-state index is 6.36. The van der Waals surface area contributed by atoms with Gasteiger partial charge in [-0.05, 0) is 77.0 Å². The number of fused-ring (bicyclic) bond motifs is 3. The number of hydrogen-bond acceptors (Lipinski definition) is 3. The molecule has 164 valence electrons. The topological polar surface area (TPSA) is 25.8 Å². The molecule has 0 fully saturated rings. The summed E-state index contributed by atoms with van der Waals surface area (Å²) in [7, 11) is 0. The molecule has 0 aliphatic heterocycles. The van der Waals surface area contributed by atoms with Crippen LogP contribution >= 0.6 is 22.9 Å². The van der Waals surface area contributed by atoms with Crippen LogP contribution in [0.4, 0.5) is 0 Å². The molecule has 4 heteroatoms. The van der Waals surface area contributed by atoms with Gasteiger partial charge in [0.2, 0.25) is 5.28 Å². The van der Waals surface area contributed by atoms with Crippen LogP contribution in [0, 0.1) is 13.8 Å². The Morgan fingerprint density at radius 2 is 1.38 bits per heavy atom. The summed E-state index contributed by atoms with van der Waals surface area (Å²) < 4.78 is 1.19. The fourth-order valence-electron chi connectivity index (χ4n) is 4.62. The Kier molecular flexibility index (Phi) is 5.17. The van der Waals surface area contributed by atoms with Crippen LogP contribution in [0.25, 0.3) is 53.8 Å². The Labute approximate surface area is 207 Å². The molecule has 2 nitrogen and oxygen atoms in total. The Hall–Kier alpha value is -3.53. The summed E-state index contributed by atoms with van der Waals surface area (Å²) in [5, 5.41) is 2.50. The predicted octanol–water partition coefficient (Wildman–Crippen LogP) is 9.12. The molecule has 6 rings (SSSR count). The van der Waals surface area contributed by atoms with Gasteiger partial charge in [0, 0.05) is 21.0 Å². The summed E-state index contributed by atoms with van der Waals surface area (Å²) in [5.74, 6) is 0. The van der Waals surface area contributed by atoms with Gasteiger partial charge >= 0.3 is 0 Å². The molecule has 6 aromatic rings. The van der Waals surface area contributed by atoms with Gasteiger partial charge in [-0.25, -0.2) is 9.97 Å². The van der Waals surface area contributed by atoms with Crippen LogP contribution in [0.2, 0.25) is 5.28 Å². The highest BCUT2D eigenvalue weighted by Gasteiger charge is 2.16. The van der Waals surface area contributed by atoms with Crippen LogP contribution in [0.3, 0.4) is 0 Å². The van der Waals surface area contributed by atoms with Gasteiger partial charge in [0.1, 0.15) is 4.83 Å². The van der Waals surface area contributed by atoms with Crippen molar-refractivity contribution >= 4 is 43.2 Å². The van der Waals surface area contributed by atoms with Crippen LogP contribution < -0.4 is 0 Å². The summed E-state index contributed by atoms with van der Waals surface area (Å²) in [6.45, 7) is 4.33. The first-order chi connectivity index (χ1) is 16.6. The third-order valence-corrected chi connectivity index (χ3v) is 7.59. The van der Waals surface area contributed by atoms with Gasteiger partial charge in [-0.1, -0.05) is 72.8 Å². The van der Waals surface area contributed by atoms with E-state index in [1.165, 1.54) is 32.5 Å². The van der Waals surface area contributed by atoms with Gasteiger partial charge in [0.25, 0.3) is 0 Å². The van der Waals surface area contributed by atoms with E-state index >= 15 is 0 Å². The average molecular weight is 477 g/mol. The Morgan fingerprint density at radius 1 is 0.647 bits per heavy atom. The van der Waals surface area contributed by atoms with Crippen molar-refractivity contribution in [1.29, 1.82) is 0 Å². The van der Waals surface area contributed by atoms with E-state index in [-0.39, 0.29) is 5.28 Å². The minimum absolute atomic E-state index is 0.275. The number of rotatable bonds is 3. The zero-order valence-corrected chi connectivity index (χ0v) is 20.4. The molecule has 4 aromatic carbocycles. The molecule has 0 atom stereocenters. The first-order valence-corrected chi connectivity index (χ1v) is 12.4. The van der Waals surface area contributed by atoms with E-state index in [0.29, 0.717) is 0 Å². The van der Waals surface area contributed by atoms with Crippen molar-refractivity contribution < 1.29 is 0 Å². The lowest BCUT2D eigenvalue weighted by molar-refractivity contribution is 1.24. The normalized spacial score (nSPS) is 11.4. The van der Waals surface area contributed by atoms with Crippen LogP contribution in [0.15, 0.2) is 91.0 Å². The van der Waals surface area contributed by atoms with Crippen LogP contribution in [0.5, 0.6) is 0 Å². The molecule has 0 aliphatic carbocycles. The molecule has 2 aromatic heterocycles. The lowest BCUT2D eigenvalue weighted by Gasteiger charge is -2.13. The predicted molar refractivity (Wildman–Crippen MR) is 146 cm³/mol. The van der Waals surface area contributed by atoms with Crippen molar-refractivity contribution in [2.24, 2.45) is 0 Å². The summed E-state index contributed by atoms with van der Waals surface area (Å²) in [4.78, 5) is 10.1. The van der Waals surface area contributed by atoms with Crippen LogP contribution in [-0.4, -0.2) is 9.97 Å². The first kappa shape index (κ1) is 21.0. The highest BCUT2D eigenvalue weighted by atomic mass is 35.5. The van der Waals surface area contributed by atoms with Crippen molar-refractivity contribution in [1.82, 2.24) is 9.97 Å². The van der Waals surface area contributed by atoms with E-state index in [9.17, 15) is 0 Å². The zero-order chi connectivity index (χ0) is 23.2. The Morgan fingerprint density at radius 3 is 2.26 bits per heavy atom. The minimum atomic E-state index is 0.275. The average Bonchev–Trinajstić information content (AvgIpc) is 3.22. The molecule has 0 radical (unpaired) electrons. The standard InChI is InChI=1S/C30H21ClN2S/c1-18-8-3-4-11-23(18)25-17-21(15-14-19(25)2)20-9-7-10-22(16-20)28-27-24-12-5-6-13-26(24)34-29(27)33-30(31)32-28/h3-17H,1-2H3. The van der Waals surface area contributed by atoms with E-state index in [2.05, 4.69) is 115 Å². The minimum Gasteiger partial charge on any atom is -0.217 e. The van der Waals surface area contributed by atoms with E-state index < -0.39 is 0 Å². The van der Waals surface area contributed by atoms with Gasteiger partial charge in [0.05, 0.1) is 5.69 Å². The smallest absolute Gasteiger partial charge is 0.217 e. The lowest BCUT2D eigenvalue weighted by Crippen LogP contribution is -1.91. The van der Waals surface area contributed by atoms with E-state index in [0.717, 1.165) is 32.4 Å². The molecule has 34 heavy (non-hydrogen) atoms. The molecule has 0 N–H and O–H groups in total. The van der Waals surface area contributed by atoms with Crippen molar-refractivity contribution in [2.75, 3.05) is 0 Å². The second kappa shape index (κ2) is 8.35. The van der Waals surface area contributed by atoms with Crippen LogP contribution in [0.1, 0.15) is 11.1 Å². The molecule has 2 heterocycles. The molecule has 0 aliphatic rings. The highest BCUT2D eigenvalue weighted by Crippen LogP contribution is 2.40. The van der Waals surface area contributed by atoms with Crippen molar-refractivity contribution in [2.45, 2.75) is 13.8 Å². The number of halogens is 1. The number of aromatic nitrogens is 2. The number of thiophene rings is 1. The molecule has 0 bridgehead atoms. The Bertz CT molecular complexity index is 1700. The maximum atomic E-state index is 6.36. The van der Waals surface area contributed by atoms with E-state index in [1.54, 1.807) is 11.3 Å². The van der Waals surface area contributed by atoms with Crippen molar-refractivity contribution in [3.05, 3.63) is 107 Å².